The summed E-state index contributed by atoms with van der Waals surface area (Å²) in [5.41, 5.74) is 7.77. The first-order valence-electron chi connectivity index (χ1n) is 17.4. The molecule has 1 aromatic heterocycles. The van der Waals surface area contributed by atoms with Gasteiger partial charge in [-0.15, -0.1) is 0 Å². The third-order valence-corrected chi connectivity index (χ3v) is 10.2. The van der Waals surface area contributed by atoms with E-state index in [0.29, 0.717) is 42.6 Å². The molecule has 272 valence electrons. The molecule has 0 aliphatic carbocycles. The maximum Gasteiger partial charge on any atom is 0.387 e. The summed E-state index contributed by atoms with van der Waals surface area (Å²) in [5, 5.41) is 9.64. The van der Waals surface area contributed by atoms with Crippen molar-refractivity contribution >= 4 is 17.1 Å². The molecule has 0 unspecified atom stereocenters. The smallest absolute Gasteiger partial charge is 0.387 e. The van der Waals surface area contributed by atoms with Crippen LogP contribution < -0.4 is 9.47 Å². The predicted molar refractivity (Wildman–Crippen MR) is 189 cm³/mol. The topological polar surface area (TPSA) is 88.3 Å². The van der Waals surface area contributed by atoms with Gasteiger partial charge in [0.1, 0.15) is 23.1 Å². The number of carbonyl (C=O) groups is 1. The highest BCUT2D eigenvalue weighted by Gasteiger charge is 2.31. The second kappa shape index (κ2) is 15.0. The van der Waals surface area contributed by atoms with Gasteiger partial charge in [-0.25, -0.2) is 4.98 Å². The van der Waals surface area contributed by atoms with Crippen LogP contribution in [0.4, 0.5) is 17.6 Å². The highest BCUT2D eigenvalue weighted by atomic mass is 19.3. The van der Waals surface area contributed by atoms with Crippen molar-refractivity contribution in [3.63, 3.8) is 0 Å². The zero-order valence-electron chi connectivity index (χ0n) is 28.9. The molecule has 2 fully saturated rings. The zero-order chi connectivity index (χ0) is 36.5. The lowest BCUT2D eigenvalue weighted by molar-refractivity contribution is -0.142. The Kier molecular flexibility index (Phi) is 10.2. The number of aromatic nitrogens is 1. The number of ether oxygens (including phenoxy) is 2. The normalized spacial score (nSPS) is 16.8. The number of fused-ring (bicyclic) bond motifs is 1. The Morgan fingerprint density at radius 2 is 1.44 bits per heavy atom. The fourth-order valence-electron chi connectivity index (χ4n) is 7.60. The quantitative estimate of drug-likeness (QED) is 0.128. The average molecular weight is 718 g/mol. The van der Waals surface area contributed by atoms with Gasteiger partial charge in [0.15, 0.2) is 5.58 Å². The SMILES string of the molecule is Cc1c(-c2ccc(CN3CCCC3)c(OC(F)F)c2)cccc1-c1cccc(-c2nc3cc(CN4CCC[C@H]4C(=O)O)c(OC(F)F)cc3o2)c1C. The first-order valence-corrected chi connectivity index (χ1v) is 17.4. The van der Waals surface area contributed by atoms with Crippen molar-refractivity contribution in [1.82, 2.24) is 14.8 Å². The van der Waals surface area contributed by atoms with Gasteiger partial charge in [0.2, 0.25) is 5.89 Å². The lowest BCUT2D eigenvalue weighted by atomic mass is 9.89. The minimum atomic E-state index is -3.08. The number of likely N-dealkylation sites (tertiary alicyclic amines) is 2. The number of alkyl halides is 4. The second-order valence-corrected chi connectivity index (χ2v) is 13.4. The summed E-state index contributed by atoms with van der Waals surface area (Å²) in [6.45, 7) is 0.959. The lowest BCUT2D eigenvalue weighted by Gasteiger charge is -2.22. The van der Waals surface area contributed by atoms with Crippen LogP contribution in [0.5, 0.6) is 11.5 Å². The molecule has 4 aromatic carbocycles. The molecule has 1 N–H and O–H groups in total. The molecule has 2 saturated heterocycles. The number of rotatable bonds is 12. The van der Waals surface area contributed by atoms with Crippen LogP contribution in [0.15, 0.2) is 71.1 Å². The molecule has 1 atom stereocenters. The van der Waals surface area contributed by atoms with E-state index in [1.165, 1.54) is 6.07 Å². The molecule has 2 aliphatic heterocycles. The molecular formula is C40H39F4N3O5. The van der Waals surface area contributed by atoms with E-state index < -0.39 is 25.2 Å². The number of aliphatic carboxylic acids is 1. The molecule has 0 bridgehead atoms. The number of benzene rings is 4. The van der Waals surface area contributed by atoms with Crippen LogP contribution >= 0.6 is 0 Å². The molecule has 3 heterocycles. The second-order valence-electron chi connectivity index (χ2n) is 13.4. The monoisotopic (exact) mass is 717 g/mol. The number of carboxylic acids is 1. The van der Waals surface area contributed by atoms with Crippen molar-refractivity contribution in [3.8, 4) is 45.2 Å². The summed E-state index contributed by atoms with van der Waals surface area (Å²) in [7, 11) is 0. The first kappa shape index (κ1) is 35.5. The van der Waals surface area contributed by atoms with Gasteiger partial charge in [-0.1, -0.05) is 42.5 Å². The van der Waals surface area contributed by atoms with Crippen LogP contribution in [0, 0.1) is 13.8 Å². The van der Waals surface area contributed by atoms with E-state index in [1.807, 2.05) is 62.4 Å². The minimum Gasteiger partial charge on any atom is -0.480 e. The Balaban J connectivity index is 1.22. The van der Waals surface area contributed by atoms with E-state index in [9.17, 15) is 27.5 Å². The third kappa shape index (κ3) is 7.35. The van der Waals surface area contributed by atoms with E-state index in [1.54, 1.807) is 17.0 Å². The van der Waals surface area contributed by atoms with Gasteiger partial charge in [-0.2, -0.15) is 17.6 Å². The van der Waals surface area contributed by atoms with Gasteiger partial charge >= 0.3 is 19.2 Å². The van der Waals surface area contributed by atoms with Gasteiger partial charge in [0.05, 0.1) is 0 Å². The van der Waals surface area contributed by atoms with Crippen molar-refractivity contribution < 1.29 is 41.4 Å². The van der Waals surface area contributed by atoms with Gasteiger partial charge < -0.3 is 19.0 Å². The number of halogens is 4. The molecule has 52 heavy (non-hydrogen) atoms. The molecule has 5 aromatic rings. The number of nitrogens with zero attached hydrogens (tertiary/aromatic N) is 3. The van der Waals surface area contributed by atoms with Crippen molar-refractivity contribution in [2.24, 2.45) is 0 Å². The summed E-state index contributed by atoms with van der Waals surface area (Å²) in [6, 6.07) is 19.4. The molecule has 8 nitrogen and oxygen atoms in total. The van der Waals surface area contributed by atoms with E-state index in [0.717, 1.165) is 64.9 Å². The lowest BCUT2D eigenvalue weighted by Crippen LogP contribution is -2.35. The number of carboxylic acid groups (broad SMARTS) is 1. The summed E-state index contributed by atoms with van der Waals surface area (Å²) >= 11 is 0. The fraction of sp³-hybridized carbons (Fsp3) is 0.350. The molecule has 0 amide bonds. The summed E-state index contributed by atoms with van der Waals surface area (Å²) < 4.78 is 70.0. The van der Waals surface area contributed by atoms with Gasteiger partial charge in [-0.3, -0.25) is 14.6 Å². The molecule has 0 saturated carbocycles. The summed E-state index contributed by atoms with van der Waals surface area (Å²) in [6.07, 6.45) is 3.36. The van der Waals surface area contributed by atoms with Crippen LogP contribution in [0.2, 0.25) is 0 Å². The number of hydrogen-bond acceptors (Lipinski definition) is 7. The molecule has 0 radical (unpaired) electrons. The van der Waals surface area contributed by atoms with Crippen LogP contribution in [-0.2, 0) is 17.9 Å². The third-order valence-electron chi connectivity index (χ3n) is 10.2. The van der Waals surface area contributed by atoms with Crippen molar-refractivity contribution in [2.75, 3.05) is 19.6 Å². The predicted octanol–water partition coefficient (Wildman–Crippen LogP) is 9.29. The Morgan fingerprint density at radius 1 is 0.808 bits per heavy atom. The summed E-state index contributed by atoms with van der Waals surface area (Å²) in [5.74, 6) is -0.586. The molecule has 12 heteroatoms. The van der Waals surface area contributed by atoms with Crippen molar-refractivity contribution in [1.29, 1.82) is 0 Å². The molecule has 0 spiro atoms. The van der Waals surface area contributed by atoms with Crippen LogP contribution in [-0.4, -0.2) is 64.8 Å². The van der Waals surface area contributed by atoms with Gasteiger partial charge in [-0.05, 0) is 111 Å². The van der Waals surface area contributed by atoms with Crippen LogP contribution in [0.25, 0.3) is 44.8 Å². The highest BCUT2D eigenvalue weighted by Crippen LogP contribution is 2.40. The largest absolute Gasteiger partial charge is 0.480 e. The highest BCUT2D eigenvalue weighted by molar-refractivity contribution is 5.85. The van der Waals surface area contributed by atoms with E-state index in [4.69, 9.17) is 18.9 Å². The maximum atomic E-state index is 13.5. The Hall–Kier alpha value is -4.94. The molecular weight excluding hydrogens is 678 g/mol. The van der Waals surface area contributed by atoms with E-state index in [-0.39, 0.29) is 29.5 Å². The minimum absolute atomic E-state index is 0.0923. The van der Waals surface area contributed by atoms with E-state index >= 15 is 0 Å². The van der Waals surface area contributed by atoms with Crippen LogP contribution in [0.1, 0.15) is 47.9 Å². The zero-order valence-corrected chi connectivity index (χ0v) is 28.9. The average Bonchev–Trinajstić information content (AvgIpc) is 3.88. The fourth-order valence-corrected chi connectivity index (χ4v) is 7.60. The number of hydrogen-bond donors (Lipinski definition) is 1. The van der Waals surface area contributed by atoms with Crippen LogP contribution in [0.3, 0.4) is 0 Å². The molecule has 7 rings (SSSR count). The van der Waals surface area contributed by atoms with Gasteiger partial charge in [0, 0.05) is 35.8 Å². The Bertz CT molecular complexity index is 2100. The Morgan fingerprint density at radius 3 is 2.12 bits per heavy atom. The number of oxazole rings is 1. The van der Waals surface area contributed by atoms with Gasteiger partial charge in [0.25, 0.3) is 0 Å². The first-order chi connectivity index (χ1) is 25.0. The Labute approximate surface area is 298 Å². The standard InChI is InChI=1S/C40H39F4N3O5/c1-23-28(25-13-14-26(21-46-15-3-4-16-46)34(19-25)51-39(41)42)8-5-9-29(23)30-10-6-11-31(24(30)2)37-45-32-18-27(22-47-17-7-12-33(47)38(48)49)35(52-40(43)44)20-36(32)50-37/h5-6,8-11,13-14,18-20,33,39-40H,3-4,7,12,15-17,21-22H2,1-2H3,(H,48,49)/t33-/m0/s1. The van der Waals surface area contributed by atoms with Crippen molar-refractivity contribution in [2.45, 2.75) is 71.9 Å². The van der Waals surface area contributed by atoms with Crippen molar-refractivity contribution in [3.05, 3.63) is 89.0 Å². The summed E-state index contributed by atoms with van der Waals surface area (Å²) in [4.78, 5) is 20.5. The maximum absolute atomic E-state index is 13.5. The van der Waals surface area contributed by atoms with E-state index in [2.05, 4.69) is 4.90 Å². The molecule has 2 aliphatic rings.